The van der Waals surface area contributed by atoms with Crippen LogP contribution in [0.2, 0.25) is 0 Å². The topological polar surface area (TPSA) is 29.5 Å². The first-order chi connectivity index (χ1) is 8.60. The standard InChI is InChI=1S/C13H9F3O2/c14-10-3-2-9(6-11(10)15)18-13-4-1-8(7-17)5-12(13)16/h1-6,17H,7H2. The van der Waals surface area contributed by atoms with Crippen molar-refractivity contribution in [2.45, 2.75) is 6.61 Å². The van der Waals surface area contributed by atoms with Crippen molar-refractivity contribution in [1.29, 1.82) is 0 Å². The van der Waals surface area contributed by atoms with Gasteiger partial charge in [-0.15, -0.1) is 0 Å². The molecule has 0 spiro atoms. The van der Waals surface area contributed by atoms with Crippen LogP contribution in [-0.2, 0) is 6.61 Å². The molecule has 0 bridgehead atoms. The Balaban J connectivity index is 2.25. The van der Waals surface area contributed by atoms with Gasteiger partial charge >= 0.3 is 0 Å². The molecule has 0 aromatic heterocycles. The highest BCUT2D eigenvalue weighted by molar-refractivity contribution is 5.34. The molecule has 0 fully saturated rings. The molecule has 5 heteroatoms. The van der Waals surface area contributed by atoms with Crippen molar-refractivity contribution in [3.63, 3.8) is 0 Å². The Hall–Kier alpha value is -2.01. The molecule has 0 atom stereocenters. The highest BCUT2D eigenvalue weighted by Gasteiger charge is 2.08. The lowest BCUT2D eigenvalue weighted by atomic mass is 10.2. The number of rotatable bonds is 3. The van der Waals surface area contributed by atoms with Crippen LogP contribution >= 0.6 is 0 Å². The molecule has 0 heterocycles. The summed E-state index contributed by atoms with van der Waals surface area (Å²) in [5, 5.41) is 8.81. The van der Waals surface area contributed by atoms with Crippen molar-refractivity contribution in [3.8, 4) is 11.5 Å². The van der Waals surface area contributed by atoms with Crippen LogP contribution < -0.4 is 4.74 Å². The van der Waals surface area contributed by atoms with E-state index in [2.05, 4.69) is 0 Å². The summed E-state index contributed by atoms with van der Waals surface area (Å²) in [6, 6.07) is 6.80. The van der Waals surface area contributed by atoms with Gasteiger partial charge in [0.25, 0.3) is 0 Å². The Kier molecular flexibility index (Phi) is 3.53. The lowest BCUT2D eigenvalue weighted by Gasteiger charge is -2.07. The molecule has 0 radical (unpaired) electrons. The normalized spacial score (nSPS) is 10.4. The smallest absolute Gasteiger partial charge is 0.166 e. The van der Waals surface area contributed by atoms with Crippen LogP contribution in [0.5, 0.6) is 11.5 Å². The van der Waals surface area contributed by atoms with E-state index in [4.69, 9.17) is 9.84 Å². The molecule has 1 N–H and O–H groups in total. The van der Waals surface area contributed by atoms with Gasteiger partial charge in [-0.3, -0.25) is 0 Å². The quantitative estimate of drug-likeness (QED) is 0.909. The maximum atomic E-state index is 13.5. The van der Waals surface area contributed by atoms with E-state index in [1.54, 1.807) is 0 Å². The molecule has 94 valence electrons. The van der Waals surface area contributed by atoms with Gasteiger partial charge in [0.05, 0.1) is 6.61 Å². The monoisotopic (exact) mass is 254 g/mol. The Bertz CT molecular complexity index is 570. The molecular formula is C13H9F3O2. The van der Waals surface area contributed by atoms with E-state index < -0.39 is 17.5 Å². The van der Waals surface area contributed by atoms with E-state index >= 15 is 0 Å². The second-order valence-electron chi connectivity index (χ2n) is 3.60. The fourth-order valence-electron chi connectivity index (χ4n) is 1.39. The zero-order valence-corrected chi connectivity index (χ0v) is 9.16. The molecular weight excluding hydrogens is 245 g/mol. The van der Waals surface area contributed by atoms with Gasteiger partial charge in [0.2, 0.25) is 0 Å². The molecule has 0 aliphatic rings. The van der Waals surface area contributed by atoms with Crippen molar-refractivity contribution >= 4 is 0 Å². The van der Waals surface area contributed by atoms with Crippen molar-refractivity contribution in [3.05, 3.63) is 59.4 Å². The van der Waals surface area contributed by atoms with Crippen LogP contribution in [0.3, 0.4) is 0 Å². The van der Waals surface area contributed by atoms with Crippen LogP contribution in [0.4, 0.5) is 13.2 Å². The number of aliphatic hydroxyl groups excluding tert-OH is 1. The van der Waals surface area contributed by atoms with E-state index in [1.807, 2.05) is 0 Å². The summed E-state index contributed by atoms with van der Waals surface area (Å²) in [7, 11) is 0. The summed E-state index contributed by atoms with van der Waals surface area (Å²) in [4.78, 5) is 0. The van der Waals surface area contributed by atoms with E-state index in [0.29, 0.717) is 5.56 Å². The summed E-state index contributed by atoms with van der Waals surface area (Å²) < 4.78 is 44.2. The summed E-state index contributed by atoms with van der Waals surface area (Å²) in [6.07, 6.45) is 0. The van der Waals surface area contributed by atoms with E-state index in [1.165, 1.54) is 18.2 Å². The minimum Gasteiger partial charge on any atom is -0.454 e. The Morgan fingerprint density at radius 3 is 2.28 bits per heavy atom. The van der Waals surface area contributed by atoms with Gasteiger partial charge in [-0.2, -0.15) is 0 Å². The molecule has 2 rings (SSSR count). The predicted molar refractivity (Wildman–Crippen MR) is 58.8 cm³/mol. The summed E-state index contributed by atoms with van der Waals surface area (Å²) >= 11 is 0. The number of hydrogen-bond acceptors (Lipinski definition) is 2. The molecule has 0 saturated carbocycles. The second-order valence-corrected chi connectivity index (χ2v) is 3.60. The average molecular weight is 254 g/mol. The van der Waals surface area contributed by atoms with Crippen LogP contribution in [-0.4, -0.2) is 5.11 Å². The third-order valence-electron chi connectivity index (χ3n) is 2.30. The van der Waals surface area contributed by atoms with Crippen molar-refractivity contribution < 1.29 is 23.0 Å². The molecule has 2 nitrogen and oxygen atoms in total. The number of aliphatic hydroxyl groups is 1. The van der Waals surface area contributed by atoms with Crippen molar-refractivity contribution in [2.24, 2.45) is 0 Å². The maximum Gasteiger partial charge on any atom is 0.166 e. The zero-order valence-electron chi connectivity index (χ0n) is 9.16. The number of hydrogen-bond donors (Lipinski definition) is 1. The summed E-state index contributed by atoms with van der Waals surface area (Å²) in [5.41, 5.74) is 0.394. The fourth-order valence-corrected chi connectivity index (χ4v) is 1.39. The molecule has 2 aromatic rings. The molecule has 18 heavy (non-hydrogen) atoms. The third-order valence-corrected chi connectivity index (χ3v) is 2.30. The van der Waals surface area contributed by atoms with Crippen molar-refractivity contribution in [2.75, 3.05) is 0 Å². The van der Waals surface area contributed by atoms with Crippen LogP contribution in [0.1, 0.15) is 5.56 Å². The summed E-state index contributed by atoms with van der Waals surface area (Å²) in [5.74, 6) is -2.90. The van der Waals surface area contributed by atoms with Gasteiger partial charge in [0.15, 0.2) is 23.2 Å². The summed E-state index contributed by atoms with van der Waals surface area (Å²) in [6.45, 7) is -0.289. The fraction of sp³-hybridized carbons (Fsp3) is 0.0769. The Morgan fingerprint density at radius 2 is 1.67 bits per heavy atom. The first-order valence-corrected chi connectivity index (χ1v) is 5.12. The number of halogens is 3. The Morgan fingerprint density at radius 1 is 0.889 bits per heavy atom. The first kappa shape index (κ1) is 12.4. The van der Waals surface area contributed by atoms with Crippen LogP contribution in [0.15, 0.2) is 36.4 Å². The first-order valence-electron chi connectivity index (χ1n) is 5.12. The van der Waals surface area contributed by atoms with Gasteiger partial charge in [0, 0.05) is 6.07 Å². The lowest BCUT2D eigenvalue weighted by molar-refractivity contribution is 0.281. The van der Waals surface area contributed by atoms with E-state index in [9.17, 15) is 13.2 Å². The second kappa shape index (κ2) is 5.10. The molecule has 2 aromatic carbocycles. The third kappa shape index (κ3) is 2.62. The van der Waals surface area contributed by atoms with Crippen LogP contribution in [0.25, 0.3) is 0 Å². The molecule has 0 amide bonds. The van der Waals surface area contributed by atoms with E-state index in [0.717, 1.165) is 18.2 Å². The van der Waals surface area contributed by atoms with Crippen molar-refractivity contribution in [1.82, 2.24) is 0 Å². The van der Waals surface area contributed by atoms with Gasteiger partial charge in [0.1, 0.15) is 5.75 Å². The maximum absolute atomic E-state index is 13.5. The zero-order chi connectivity index (χ0) is 13.1. The van der Waals surface area contributed by atoms with Gasteiger partial charge < -0.3 is 9.84 Å². The molecule has 0 saturated heterocycles. The minimum atomic E-state index is -1.07. The largest absolute Gasteiger partial charge is 0.454 e. The van der Waals surface area contributed by atoms with Gasteiger partial charge in [-0.05, 0) is 29.8 Å². The lowest BCUT2D eigenvalue weighted by Crippen LogP contribution is -1.92. The molecule has 0 aliphatic carbocycles. The molecule has 0 unspecified atom stereocenters. The highest BCUT2D eigenvalue weighted by atomic mass is 19.2. The Labute approximate surface area is 101 Å². The number of ether oxygens (including phenoxy) is 1. The van der Waals surface area contributed by atoms with E-state index in [-0.39, 0.29) is 18.1 Å². The minimum absolute atomic E-state index is 0.00968. The number of benzene rings is 2. The SMILES string of the molecule is OCc1ccc(Oc2ccc(F)c(F)c2)c(F)c1. The molecule has 0 aliphatic heterocycles. The highest BCUT2D eigenvalue weighted by Crippen LogP contribution is 2.26. The van der Waals surface area contributed by atoms with Gasteiger partial charge in [-0.1, -0.05) is 6.07 Å². The van der Waals surface area contributed by atoms with Crippen LogP contribution in [0, 0.1) is 17.5 Å². The average Bonchev–Trinajstić information content (AvgIpc) is 2.36. The van der Waals surface area contributed by atoms with Gasteiger partial charge in [-0.25, -0.2) is 13.2 Å². The predicted octanol–water partition coefficient (Wildman–Crippen LogP) is 3.39.